The molecule has 1 nitrogen and oxygen atoms in total. The fourth-order valence-electron chi connectivity index (χ4n) is 0.764. The Balaban J connectivity index is 3.05. The lowest BCUT2D eigenvalue weighted by atomic mass is 10.1. The summed E-state index contributed by atoms with van der Waals surface area (Å²) in [7, 11) is 0. The van der Waals surface area contributed by atoms with Crippen molar-refractivity contribution >= 4 is 22.6 Å². The van der Waals surface area contributed by atoms with Crippen molar-refractivity contribution in [3.05, 3.63) is 33.1 Å². The van der Waals surface area contributed by atoms with E-state index in [0.717, 1.165) is 3.57 Å². The van der Waals surface area contributed by atoms with Gasteiger partial charge in [-0.25, -0.2) is 4.39 Å². The Labute approximate surface area is 78.0 Å². The van der Waals surface area contributed by atoms with Gasteiger partial charge in [0.05, 0.1) is 12.5 Å². The summed E-state index contributed by atoms with van der Waals surface area (Å²) in [6, 6.07) is 6.65. The Bertz CT molecular complexity index is 303. The molecule has 1 aromatic rings. The second kappa shape index (κ2) is 3.67. The van der Waals surface area contributed by atoms with E-state index in [2.05, 4.69) is 22.6 Å². The van der Waals surface area contributed by atoms with E-state index in [0.29, 0.717) is 5.56 Å². The fourth-order valence-corrected chi connectivity index (χ4v) is 1.32. The maximum atomic E-state index is 12.8. The zero-order chi connectivity index (χ0) is 8.27. The van der Waals surface area contributed by atoms with Crippen LogP contribution in [-0.4, -0.2) is 0 Å². The summed E-state index contributed by atoms with van der Waals surface area (Å²) >= 11 is 2.09. The molecule has 0 aliphatic rings. The molecule has 1 rings (SSSR count). The smallest absolute Gasteiger partial charge is 0.127 e. The van der Waals surface area contributed by atoms with E-state index < -0.39 is 0 Å². The quantitative estimate of drug-likeness (QED) is 0.712. The van der Waals surface area contributed by atoms with Crippen LogP contribution in [0.15, 0.2) is 18.2 Å². The number of benzene rings is 1. The highest BCUT2D eigenvalue weighted by Crippen LogP contribution is 2.12. The van der Waals surface area contributed by atoms with Crippen LogP contribution in [0.3, 0.4) is 0 Å². The van der Waals surface area contributed by atoms with Gasteiger partial charge in [0.15, 0.2) is 0 Å². The minimum absolute atomic E-state index is 0.142. The van der Waals surface area contributed by atoms with Crippen LogP contribution in [0.5, 0.6) is 0 Å². The van der Waals surface area contributed by atoms with Crippen LogP contribution in [0.2, 0.25) is 0 Å². The molecule has 0 aliphatic heterocycles. The zero-order valence-corrected chi connectivity index (χ0v) is 7.80. The first-order valence-electron chi connectivity index (χ1n) is 3.05. The van der Waals surface area contributed by atoms with Crippen LogP contribution < -0.4 is 0 Å². The van der Waals surface area contributed by atoms with Crippen LogP contribution >= 0.6 is 22.6 Å². The van der Waals surface area contributed by atoms with Crippen molar-refractivity contribution in [2.24, 2.45) is 0 Å². The lowest BCUT2D eigenvalue weighted by molar-refractivity contribution is 0.615. The van der Waals surface area contributed by atoms with Gasteiger partial charge in [0, 0.05) is 9.13 Å². The number of nitrogens with zero attached hydrogens (tertiary/aromatic N) is 1. The topological polar surface area (TPSA) is 23.8 Å². The number of rotatable bonds is 1. The number of hydrogen-bond donors (Lipinski definition) is 0. The monoisotopic (exact) mass is 261 g/mol. The molecule has 0 aliphatic carbocycles. The Kier molecular flexibility index (Phi) is 2.83. The summed E-state index contributed by atoms with van der Waals surface area (Å²) in [5, 5.41) is 8.32. The molecule has 11 heavy (non-hydrogen) atoms. The van der Waals surface area contributed by atoms with Crippen molar-refractivity contribution in [1.29, 1.82) is 5.26 Å². The van der Waals surface area contributed by atoms with E-state index in [4.69, 9.17) is 5.26 Å². The largest absolute Gasteiger partial charge is 0.207 e. The molecule has 0 aromatic heterocycles. The standard InChI is InChI=1S/C8H5FIN/c9-8-2-1-7(10)5-6(8)3-4-11/h1-2,5H,3H2. The molecule has 0 saturated heterocycles. The molecule has 0 heterocycles. The molecule has 0 unspecified atom stereocenters. The molecule has 56 valence electrons. The van der Waals surface area contributed by atoms with Crippen molar-refractivity contribution in [1.82, 2.24) is 0 Å². The van der Waals surface area contributed by atoms with E-state index in [1.165, 1.54) is 6.07 Å². The zero-order valence-electron chi connectivity index (χ0n) is 5.64. The summed E-state index contributed by atoms with van der Waals surface area (Å²) in [5.74, 6) is -0.299. The highest BCUT2D eigenvalue weighted by molar-refractivity contribution is 14.1. The summed E-state index contributed by atoms with van der Waals surface area (Å²) in [4.78, 5) is 0. The fraction of sp³-hybridized carbons (Fsp3) is 0.125. The molecular weight excluding hydrogens is 256 g/mol. The summed E-state index contributed by atoms with van der Waals surface area (Å²) in [6.07, 6.45) is 0.142. The highest BCUT2D eigenvalue weighted by atomic mass is 127. The number of nitriles is 1. The van der Waals surface area contributed by atoms with E-state index >= 15 is 0 Å². The Morgan fingerprint density at radius 2 is 2.27 bits per heavy atom. The third kappa shape index (κ3) is 2.15. The van der Waals surface area contributed by atoms with Gasteiger partial charge in [-0.15, -0.1) is 0 Å². The maximum absolute atomic E-state index is 12.8. The molecule has 0 amide bonds. The van der Waals surface area contributed by atoms with Crippen molar-refractivity contribution in [3.8, 4) is 6.07 Å². The average Bonchev–Trinajstić information content (AvgIpc) is 1.98. The first kappa shape index (κ1) is 8.47. The number of hydrogen-bond acceptors (Lipinski definition) is 1. The molecule has 0 saturated carbocycles. The molecule has 0 N–H and O–H groups in total. The minimum Gasteiger partial charge on any atom is -0.207 e. The Morgan fingerprint density at radius 3 is 2.91 bits per heavy atom. The predicted octanol–water partition coefficient (Wildman–Crippen LogP) is 2.50. The second-order valence-corrected chi connectivity index (χ2v) is 3.32. The summed E-state index contributed by atoms with van der Waals surface area (Å²) < 4.78 is 13.8. The molecule has 0 bridgehead atoms. The lowest BCUT2D eigenvalue weighted by Crippen LogP contribution is -1.88. The molecule has 0 atom stereocenters. The van der Waals surface area contributed by atoms with Gasteiger partial charge in [0.2, 0.25) is 0 Å². The first-order chi connectivity index (χ1) is 5.24. The molecule has 0 fully saturated rings. The van der Waals surface area contributed by atoms with Crippen molar-refractivity contribution in [3.63, 3.8) is 0 Å². The van der Waals surface area contributed by atoms with Gasteiger partial charge in [0.25, 0.3) is 0 Å². The maximum Gasteiger partial charge on any atom is 0.127 e. The summed E-state index contributed by atoms with van der Waals surface area (Å²) in [5.41, 5.74) is 0.472. The summed E-state index contributed by atoms with van der Waals surface area (Å²) in [6.45, 7) is 0. The molecule has 3 heteroatoms. The molecular formula is C8H5FIN. The first-order valence-corrected chi connectivity index (χ1v) is 4.13. The molecule has 1 aromatic carbocycles. The second-order valence-electron chi connectivity index (χ2n) is 2.07. The Hall–Kier alpha value is -0.630. The van der Waals surface area contributed by atoms with Crippen LogP contribution in [0, 0.1) is 20.7 Å². The third-order valence-electron chi connectivity index (χ3n) is 1.28. The third-order valence-corrected chi connectivity index (χ3v) is 1.95. The Morgan fingerprint density at radius 1 is 1.55 bits per heavy atom. The van der Waals surface area contributed by atoms with E-state index in [9.17, 15) is 4.39 Å². The molecule has 0 spiro atoms. The van der Waals surface area contributed by atoms with Gasteiger partial charge in [-0.2, -0.15) is 5.26 Å². The SMILES string of the molecule is N#CCc1cc(I)ccc1F. The number of halogens is 2. The lowest BCUT2D eigenvalue weighted by Gasteiger charge is -1.96. The normalized spacial score (nSPS) is 9.18. The van der Waals surface area contributed by atoms with Gasteiger partial charge in [-0.1, -0.05) is 0 Å². The van der Waals surface area contributed by atoms with Crippen molar-refractivity contribution in [2.45, 2.75) is 6.42 Å². The van der Waals surface area contributed by atoms with Gasteiger partial charge in [-0.3, -0.25) is 0 Å². The van der Waals surface area contributed by atoms with E-state index in [1.54, 1.807) is 12.1 Å². The van der Waals surface area contributed by atoms with Crippen molar-refractivity contribution < 1.29 is 4.39 Å². The van der Waals surface area contributed by atoms with Gasteiger partial charge in [-0.05, 0) is 40.8 Å². The van der Waals surface area contributed by atoms with E-state index in [-0.39, 0.29) is 12.2 Å². The highest BCUT2D eigenvalue weighted by Gasteiger charge is 2.00. The molecule has 0 radical (unpaired) electrons. The van der Waals surface area contributed by atoms with Gasteiger partial charge >= 0.3 is 0 Å². The van der Waals surface area contributed by atoms with Gasteiger partial charge < -0.3 is 0 Å². The van der Waals surface area contributed by atoms with Crippen LogP contribution in [0.25, 0.3) is 0 Å². The predicted molar refractivity (Wildman–Crippen MR) is 48.4 cm³/mol. The average molecular weight is 261 g/mol. The van der Waals surface area contributed by atoms with Gasteiger partial charge in [0.1, 0.15) is 5.82 Å². The van der Waals surface area contributed by atoms with Crippen LogP contribution in [0.1, 0.15) is 5.56 Å². The van der Waals surface area contributed by atoms with Crippen LogP contribution in [-0.2, 0) is 6.42 Å². The van der Waals surface area contributed by atoms with Crippen molar-refractivity contribution in [2.75, 3.05) is 0 Å². The minimum atomic E-state index is -0.299. The van der Waals surface area contributed by atoms with Crippen LogP contribution in [0.4, 0.5) is 4.39 Å². The van der Waals surface area contributed by atoms with E-state index in [1.807, 2.05) is 6.07 Å².